The van der Waals surface area contributed by atoms with Gasteiger partial charge in [-0.25, -0.2) is 9.59 Å². The Labute approximate surface area is 193 Å². The van der Waals surface area contributed by atoms with Crippen molar-refractivity contribution in [1.82, 2.24) is 10.2 Å². The number of rotatable bonds is 7. The number of hydrogen-bond acceptors (Lipinski definition) is 4. The Morgan fingerprint density at radius 3 is 2.24 bits per heavy atom. The molecular formula is C26H30N2O5. The third-order valence-electron chi connectivity index (χ3n) is 6.75. The smallest absolute Gasteiger partial charge is 0.407 e. The number of carbonyl (C=O) groups excluding carboxylic acids is 2. The number of aliphatic carboxylic acids is 1. The maximum absolute atomic E-state index is 13.0. The van der Waals surface area contributed by atoms with Gasteiger partial charge in [0.2, 0.25) is 5.91 Å². The molecule has 4 rings (SSSR count). The molecule has 1 aliphatic heterocycles. The number of likely N-dealkylation sites (tertiary alicyclic amines) is 1. The summed E-state index contributed by atoms with van der Waals surface area (Å²) < 4.78 is 5.57. The third kappa shape index (κ3) is 4.58. The minimum absolute atomic E-state index is 0.0356. The number of nitrogens with one attached hydrogen (secondary N) is 1. The van der Waals surface area contributed by atoms with Crippen LogP contribution in [0.25, 0.3) is 11.1 Å². The molecule has 0 bridgehead atoms. The summed E-state index contributed by atoms with van der Waals surface area (Å²) in [5.41, 5.74) is 4.59. The van der Waals surface area contributed by atoms with Crippen molar-refractivity contribution in [3.63, 3.8) is 0 Å². The molecule has 1 unspecified atom stereocenters. The molecule has 1 heterocycles. The lowest BCUT2D eigenvalue weighted by Gasteiger charge is -2.29. The number of carboxylic acids is 1. The lowest BCUT2D eigenvalue weighted by atomic mass is 9.94. The Balaban J connectivity index is 1.37. The van der Waals surface area contributed by atoms with E-state index < -0.39 is 24.0 Å². The Morgan fingerprint density at radius 2 is 1.67 bits per heavy atom. The van der Waals surface area contributed by atoms with Crippen LogP contribution in [0.1, 0.15) is 43.7 Å². The van der Waals surface area contributed by atoms with Crippen molar-refractivity contribution in [2.24, 2.45) is 11.8 Å². The van der Waals surface area contributed by atoms with E-state index in [1.165, 1.54) is 4.90 Å². The van der Waals surface area contributed by atoms with Gasteiger partial charge in [0, 0.05) is 19.0 Å². The van der Waals surface area contributed by atoms with E-state index >= 15 is 0 Å². The van der Waals surface area contributed by atoms with Crippen molar-refractivity contribution in [2.45, 2.75) is 38.6 Å². The van der Waals surface area contributed by atoms with Crippen LogP contribution in [0.15, 0.2) is 48.5 Å². The van der Waals surface area contributed by atoms with Crippen LogP contribution < -0.4 is 5.32 Å². The number of carboxylic acid groups (broad SMARTS) is 1. The molecule has 0 saturated carbocycles. The molecular weight excluding hydrogens is 420 g/mol. The number of ether oxygens (including phenoxy) is 1. The van der Waals surface area contributed by atoms with Gasteiger partial charge in [0.15, 0.2) is 0 Å². The van der Waals surface area contributed by atoms with E-state index in [4.69, 9.17) is 4.74 Å². The normalized spacial score (nSPS) is 18.0. The van der Waals surface area contributed by atoms with Crippen molar-refractivity contribution in [3.8, 4) is 11.1 Å². The summed E-state index contributed by atoms with van der Waals surface area (Å²) in [7, 11) is 0. The van der Waals surface area contributed by atoms with Gasteiger partial charge in [-0.2, -0.15) is 0 Å². The molecule has 0 aromatic heterocycles. The monoisotopic (exact) mass is 450 g/mol. The van der Waals surface area contributed by atoms with Gasteiger partial charge in [-0.3, -0.25) is 4.79 Å². The number of carbonyl (C=O) groups is 3. The molecule has 2 aromatic carbocycles. The summed E-state index contributed by atoms with van der Waals surface area (Å²) in [5, 5.41) is 12.1. The van der Waals surface area contributed by atoms with Crippen molar-refractivity contribution in [3.05, 3.63) is 59.7 Å². The van der Waals surface area contributed by atoms with E-state index in [9.17, 15) is 19.5 Å². The summed E-state index contributed by atoms with van der Waals surface area (Å²) in [5.74, 6) is -1.81. The highest BCUT2D eigenvalue weighted by Gasteiger charge is 2.38. The summed E-state index contributed by atoms with van der Waals surface area (Å²) in [6, 6.07) is 15.5. The van der Waals surface area contributed by atoms with E-state index in [0.29, 0.717) is 19.4 Å². The second-order valence-corrected chi connectivity index (χ2v) is 9.08. The van der Waals surface area contributed by atoms with Gasteiger partial charge in [0.25, 0.3) is 0 Å². The molecule has 2 N–H and O–H groups in total. The molecule has 33 heavy (non-hydrogen) atoms. The maximum Gasteiger partial charge on any atom is 0.407 e. The van der Waals surface area contributed by atoms with Crippen LogP contribution in [0.4, 0.5) is 4.79 Å². The second kappa shape index (κ2) is 9.65. The minimum Gasteiger partial charge on any atom is -0.480 e. The fourth-order valence-corrected chi connectivity index (χ4v) is 4.95. The first kappa shape index (κ1) is 22.8. The highest BCUT2D eigenvalue weighted by Crippen LogP contribution is 2.44. The number of fused-ring (bicyclic) bond motifs is 3. The summed E-state index contributed by atoms with van der Waals surface area (Å²) in [6.45, 7) is 4.54. The quantitative estimate of drug-likeness (QED) is 0.668. The molecule has 2 aliphatic rings. The number of amides is 2. The highest BCUT2D eigenvalue weighted by molar-refractivity contribution is 5.86. The summed E-state index contributed by atoms with van der Waals surface area (Å²) >= 11 is 0. The average Bonchev–Trinajstić information content (AvgIpc) is 3.41. The van der Waals surface area contributed by atoms with E-state index in [0.717, 1.165) is 22.3 Å². The molecule has 1 fully saturated rings. The molecule has 1 saturated heterocycles. The summed E-state index contributed by atoms with van der Waals surface area (Å²) in [4.78, 5) is 38.5. The Hall–Kier alpha value is -3.35. The fraction of sp³-hybridized carbons (Fsp3) is 0.423. The van der Waals surface area contributed by atoms with E-state index in [2.05, 4.69) is 29.6 Å². The van der Waals surface area contributed by atoms with Crippen LogP contribution >= 0.6 is 0 Å². The first-order valence-corrected chi connectivity index (χ1v) is 11.5. The largest absolute Gasteiger partial charge is 0.480 e. The number of alkyl carbamates (subject to hydrolysis) is 1. The average molecular weight is 451 g/mol. The van der Waals surface area contributed by atoms with Gasteiger partial charge >= 0.3 is 12.1 Å². The zero-order valence-corrected chi connectivity index (χ0v) is 19.0. The van der Waals surface area contributed by atoms with Gasteiger partial charge < -0.3 is 20.1 Å². The summed E-state index contributed by atoms with van der Waals surface area (Å²) in [6.07, 6.45) is 0.561. The molecule has 2 aromatic rings. The van der Waals surface area contributed by atoms with Crippen LogP contribution in [-0.4, -0.2) is 53.7 Å². The van der Waals surface area contributed by atoms with Crippen LogP contribution in [0.2, 0.25) is 0 Å². The van der Waals surface area contributed by atoms with Crippen LogP contribution in [-0.2, 0) is 14.3 Å². The molecule has 0 spiro atoms. The number of nitrogens with zero attached hydrogens (tertiary/aromatic N) is 1. The maximum atomic E-state index is 13.0. The Morgan fingerprint density at radius 1 is 1.06 bits per heavy atom. The second-order valence-electron chi connectivity index (χ2n) is 9.08. The van der Waals surface area contributed by atoms with E-state index in [1.54, 1.807) is 0 Å². The molecule has 7 heteroatoms. The molecule has 2 amide bonds. The Kier molecular flexibility index (Phi) is 6.67. The lowest BCUT2D eigenvalue weighted by Crippen LogP contribution is -2.47. The van der Waals surface area contributed by atoms with Gasteiger partial charge in [0.05, 0.1) is 5.92 Å². The van der Waals surface area contributed by atoms with E-state index in [-0.39, 0.29) is 30.9 Å². The number of hydrogen-bond donors (Lipinski definition) is 2. The minimum atomic E-state index is -0.979. The third-order valence-corrected chi connectivity index (χ3v) is 6.75. The SMILES string of the molecule is CC(C)C(CNC(=O)OCC1c2ccccc2-c2ccccc21)C(=O)N1CCC[C@H]1C(=O)O. The van der Waals surface area contributed by atoms with Crippen molar-refractivity contribution in [1.29, 1.82) is 0 Å². The zero-order valence-electron chi connectivity index (χ0n) is 19.0. The fourth-order valence-electron chi connectivity index (χ4n) is 4.95. The zero-order chi connectivity index (χ0) is 23.5. The van der Waals surface area contributed by atoms with Gasteiger partial charge in [0.1, 0.15) is 12.6 Å². The van der Waals surface area contributed by atoms with Crippen LogP contribution in [0, 0.1) is 11.8 Å². The van der Waals surface area contributed by atoms with Crippen molar-refractivity contribution in [2.75, 3.05) is 19.7 Å². The predicted molar refractivity (Wildman–Crippen MR) is 124 cm³/mol. The molecule has 174 valence electrons. The van der Waals surface area contributed by atoms with Crippen LogP contribution in [0.3, 0.4) is 0 Å². The van der Waals surface area contributed by atoms with Crippen LogP contribution in [0.5, 0.6) is 0 Å². The molecule has 2 atom stereocenters. The van der Waals surface area contributed by atoms with Gasteiger partial charge in [-0.05, 0) is 41.0 Å². The van der Waals surface area contributed by atoms with E-state index in [1.807, 2.05) is 38.1 Å². The first-order valence-electron chi connectivity index (χ1n) is 11.5. The predicted octanol–water partition coefficient (Wildman–Crippen LogP) is 3.87. The Bertz CT molecular complexity index is 1000. The van der Waals surface area contributed by atoms with Gasteiger partial charge in [-0.1, -0.05) is 62.4 Å². The van der Waals surface area contributed by atoms with Gasteiger partial charge in [-0.15, -0.1) is 0 Å². The molecule has 1 aliphatic carbocycles. The van der Waals surface area contributed by atoms with Crippen molar-refractivity contribution < 1.29 is 24.2 Å². The highest BCUT2D eigenvalue weighted by atomic mass is 16.5. The standard InChI is InChI=1S/C26H30N2O5/c1-16(2)21(24(29)28-13-7-12-23(28)25(30)31)14-27-26(32)33-15-22-19-10-5-3-8-17(19)18-9-4-6-11-20(18)22/h3-6,8-11,16,21-23H,7,12-15H2,1-2H3,(H,27,32)(H,30,31)/t21?,23-/m0/s1. The lowest BCUT2D eigenvalue weighted by molar-refractivity contribution is -0.150. The van der Waals surface area contributed by atoms with Crippen molar-refractivity contribution >= 4 is 18.0 Å². The topological polar surface area (TPSA) is 95.9 Å². The number of benzene rings is 2. The first-order chi connectivity index (χ1) is 15.9. The molecule has 0 radical (unpaired) electrons. The molecule has 7 nitrogen and oxygen atoms in total.